The van der Waals surface area contributed by atoms with Crippen LogP contribution in [0.25, 0.3) is 10.4 Å². The number of phenols is 1. The van der Waals surface area contributed by atoms with Crippen LogP contribution >= 0.6 is 22.9 Å². The first-order chi connectivity index (χ1) is 12.5. The van der Waals surface area contributed by atoms with Gasteiger partial charge in [-0.15, -0.1) is 22.9 Å². The average Bonchev–Trinajstić information content (AvgIpc) is 3.03. The number of hydrogen-bond acceptors (Lipinski definition) is 2. The van der Waals surface area contributed by atoms with E-state index in [-0.39, 0.29) is 16.2 Å². The van der Waals surface area contributed by atoms with Crippen molar-refractivity contribution in [2.75, 3.05) is 0 Å². The van der Waals surface area contributed by atoms with Crippen molar-refractivity contribution in [1.29, 1.82) is 0 Å². The van der Waals surface area contributed by atoms with E-state index in [1.165, 1.54) is 35.3 Å². The van der Waals surface area contributed by atoms with Crippen LogP contribution in [0, 0.1) is 0 Å². The summed E-state index contributed by atoms with van der Waals surface area (Å²) >= 11 is 8.44. The maximum absolute atomic E-state index is 11.0. The molecule has 0 spiro atoms. The van der Waals surface area contributed by atoms with Crippen LogP contribution < -0.4 is 0 Å². The first kappa shape index (κ1) is 20.7. The van der Waals surface area contributed by atoms with Crippen molar-refractivity contribution in [2.24, 2.45) is 0 Å². The molecule has 27 heavy (non-hydrogen) atoms. The van der Waals surface area contributed by atoms with Crippen LogP contribution in [0.15, 0.2) is 23.6 Å². The lowest BCUT2D eigenvalue weighted by molar-refractivity contribution is 0.423. The summed E-state index contributed by atoms with van der Waals surface area (Å²) in [6.07, 6.45) is 4.85. The summed E-state index contributed by atoms with van der Waals surface area (Å²) < 4.78 is 0. The fourth-order valence-corrected chi connectivity index (χ4v) is 5.47. The number of rotatable bonds is 2. The summed E-state index contributed by atoms with van der Waals surface area (Å²) in [5, 5.41) is 13.5. The summed E-state index contributed by atoms with van der Waals surface area (Å²) in [5.74, 6) is 0.926. The van der Waals surface area contributed by atoms with Gasteiger partial charge in [0.05, 0.1) is 0 Å². The first-order valence-corrected chi connectivity index (χ1v) is 11.4. The molecule has 1 aliphatic carbocycles. The molecule has 2 aromatic rings. The van der Waals surface area contributed by atoms with Gasteiger partial charge >= 0.3 is 0 Å². The maximum Gasteiger partial charge on any atom is 0.123 e. The van der Waals surface area contributed by atoms with E-state index in [2.05, 4.69) is 65.1 Å². The third-order valence-corrected chi connectivity index (χ3v) is 7.26. The minimum atomic E-state index is -0.106. The van der Waals surface area contributed by atoms with E-state index < -0.39 is 0 Å². The molecular weight excluding hydrogens is 372 g/mol. The van der Waals surface area contributed by atoms with E-state index in [1.807, 2.05) is 0 Å². The van der Waals surface area contributed by atoms with Crippen LogP contribution in [0.3, 0.4) is 0 Å². The fraction of sp³-hybridized carbons (Fsp3) is 0.583. The lowest BCUT2D eigenvalue weighted by atomic mass is 9.78. The molecule has 1 aromatic carbocycles. The van der Waals surface area contributed by atoms with Crippen molar-refractivity contribution >= 4 is 22.9 Å². The highest BCUT2D eigenvalue weighted by molar-refractivity contribution is 7.13. The highest BCUT2D eigenvalue weighted by atomic mass is 35.5. The Hall–Kier alpha value is -0.990. The molecule has 0 aliphatic heterocycles. The third kappa shape index (κ3) is 4.38. The van der Waals surface area contributed by atoms with Crippen LogP contribution in [-0.4, -0.2) is 10.5 Å². The Kier molecular flexibility index (Phi) is 5.72. The van der Waals surface area contributed by atoms with E-state index >= 15 is 0 Å². The minimum absolute atomic E-state index is 0.106. The molecule has 1 heterocycles. The normalized spacial score (nSPS) is 21.4. The summed E-state index contributed by atoms with van der Waals surface area (Å²) in [4.78, 5) is 1.27. The van der Waals surface area contributed by atoms with Crippen molar-refractivity contribution in [2.45, 2.75) is 89.4 Å². The molecule has 1 aromatic heterocycles. The second-order valence-corrected chi connectivity index (χ2v) is 11.5. The fourth-order valence-electron chi connectivity index (χ4n) is 4.08. The van der Waals surface area contributed by atoms with Crippen LogP contribution in [0.2, 0.25) is 0 Å². The molecule has 1 aliphatic rings. The Labute approximate surface area is 173 Å². The van der Waals surface area contributed by atoms with Gasteiger partial charge in [-0.25, -0.2) is 0 Å². The number of phenolic OH excluding ortho intramolecular Hbond substituents is 1. The zero-order chi connectivity index (χ0) is 20.0. The molecule has 148 valence electrons. The van der Waals surface area contributed by atoms with Gasteiger partial charge in [0.25, 0.3) is 0 Å². The highest BCUT2D eigenvalue weighted by Crippen LogP contribution is 2.44. The van der Waals surface area contributed by atoms with Crippen LogP contribution in [0.1, 0.15) is 89.8 Å². The number of hydrogen-bond donors (Lipinski definition) is 1. The molecule has 3 rings (SSSR count). The monoisotopic (exact) mass is 404 g/mol. The average molecular weight is 405 g/mol. The molecule has 0 bridgehead atoms. The molecule has 1 fully saturated rings. The summed E-state index contributed by atoms with van der Waals surface area (Å²) in [6.45, 7) is 13.0. The zero-order valence-corrected chi connectivity index (χ0v) is 19.1. The second-order valence-electron chi connectivity index (χ2n) is 10.1. The number of thiophene rings is 1. The van der Waals surface area contributed by atoms with E-state index in [4.69, 9.17) is 11.6 Å². The SMILES string of the molecule is CC(C)(C)c1cc(-c2cc(C3CCCCC3Cl)cs2)cc(C(C)(C)C)c1O. The van der Waals surface area contributed by atoms with Gasteiger partial charge in [-0.05, 0) is 58.4 Å². The minimum Gasteiger partial charge on any atom is -0.507 e. The van der Waals surface area contributed by atoms with Crippen LogP contribution in [0.4, 0.5) is 0 Å². The largest absolute Gasteiger partial charge is 0.507 e. The maximum atomic E-state index is 11.0. The summed E-state index contributed by atoms with van der Waals surface area (Å²) in [7, 11) is 0. The van der Waals surface area contributed by atoms with Crippen LogP contribution in [0.5, 0.6) is 5.75 Å². The molecule has 0 radical (unpaired) electrons. The molecule has 0 amide bonds. The lowest BCUT2D eigenvalue weighted by Gasteiger charge is -2.28. The van der Waals surface area contributed by atoms with Crippen molar-refractivity contribution in [3.8, 4) is 16.2 Å². The summed E-state index contributed by atoms with van der Waals surface area (Å²) in [6, 6.07) is 6.69. The van der Waals surface area contributed by atoms with E-state index in [0.717, 1.165) is 17.5 Å². The van der Waals surface area contributed by atoms with Gasteiger partial charge in [-0.2, -0.15) is 0 Å². The smallest absolute Gasteiger partial charge is 0.123 e. The third-order valence-electron chi connectivity index (χ3n) is 5.74. The number of halogens is 1. The predicted molar refractivity (Wildman–Crippen MR) is 120 cm³/mol. The predicted octanol–water partition coefficient (Wildman–Crippen LogP) is 7.98. The molecule has 3 heteroatoms. The van der Waals surface area contributed by atoms with Gasteiger partial charge in [0.1, 0.15) is 5.75 Å². The molecule has 0 saturated heterocycles. The highest BCUT2D eigenvalue weighted by Gasteiger charge is 2.28. The molecule has 2 unspecified atom stereocenters. The Morgan fingerprint density at radius 2 is 1.48 bits per heavy atom. The topological polar surface area (TPSA) is 20.2 Å². The summed E-state index contributed by atoms with van der Waals surface area (Å²) in [5.41, 5.74) is 4.43. The van der Waals surface area contributed by atoms with E-state index in [9.17, 15) is 5.11 Å². The molecule has 1 N–H and O–H groups in total. The van der Waals surface area contributed by atoms with E-state index in [0.29, 0.717) is 11.7 Å². The first-order valence-electron chi connectivity index (χ1n) is 10.1. The van der Waals surface area contributed by atoms with Crippen molar-refractivity contribution in [3.05, 3.63) is 40.3 Å². The van der Waals surface area contributed by atoms with Crippen molar-refractivity contribution < 1.29 is 5.11 Å². The Morgan fingerprint density at radius 1 is 0.926 bits per heavy atom. The van der Waals surface area contributed by atoms with E-state index in [1.54, 1.807) is 11.3 Å². The second kappa shape index (κ2) is 7.44. The Balaban J connectivity index is 2.07. The quantitative estimate of drug-likeness (QED) is 0.503. The van der Waals surface area contributed by atoms with Crippen molar-refractivity contribution in [3.63, 3.8) is 0 Å². The van der Waals surface area contributed by atoms with Crippen LogP contribution in [-0.2, 0) is 10.8 Å². The number of benzene rings is 1. The number of aromatic hydroxyl groups is 1. The zero-order valence-electron chi connectivity index (χ0n) is 17.5. The molecule has 1 saturated carbocycles. The molecular formula is C24H33ClOS. The van der Waals surface area contributed by atoms with Gasteiger partial charge in [0.15, 0.2) is 0 Å². The molecule has 2 atom stereocenters. The Bertz CT molecular complexity index is 772. The van der Waals surface area contributed by atoms with Crippen molar-refractivity contribution in [1.82, 2.24) is 0 Å². The lowest BCUT2D eigenvalue weighted by Crippen LogP contribution is -2.17. The number of alkyl halides is 1. The van der Waals surface area contributed by atoms with Gasteiger partial charge in [-0.1, -0.05) is 54.4 Å². The van der Waals surface area contributed by atoms with Gasteiger partial charge < -0.3 is 5.11 Å². The van der Waals surface area contributed by atoms with Gasteiger partial charge in [0.2, 0.25) is 0 Å². The van der Waals surface area contributed by atoms with Gasteiger partial charge in [-0.3, -0.25) is 0 Å². The van der Waals surface area contributed by atoms with Gasteiger partial charge in [0, 0.05) is 27.3 Å². The Morgan fingerprint density at radius 3 is 2.00 bits per heavy atom. The molecule has 1 nitrogen and oxygen atoms in total. The standard InChI is InChI=1S/C24H33ClOS/c1-23(2,3)18-11-15(12-19(22(18)26)24(4,5)6)21-13-16(14-27-21)17-9-7-8-10-20(17)25/h11-14,17,20,26H,7-10H2,1-6H3.